The van der Waals surface area contributed by atoms with Gasteiger partial charge >= 0.3 is 12.3 Å². The SMILES string of the molecule is N#Cc1ccc(N2C(=O)[C@H]3[C@H]([C@@H]4C=C[C@H]3N(C(=O)OCc3ccccc3)C4)S2(=O)=O)cc1C(F)(F)F. The fourth-order valence-electron chi connectivity index (χ4n) is 5.10. The predicted molar refractivity (Wildman–Crippen MR) is 120 cm³/mol. The smallest absolute Gasteiger partial charge is 0.417 e. The highest BCUT2D eigenvalue weighted by atomic mass is 32.2. The van der Waals surface area contributed by atoms with E-state index in [1.165, 1.54) is 11.0 Å². The van der Waals surface area contributed by atoms with Gasteiger partial charge in [0.2, 0.25) is 15.9 Å². The highest BCUT2D eigenvalue weighted by Gasteiger charge is 2.63. The number of hydrogen-bond acceptors (Lipinski definition) is 6. The van der Waals surface area contributed by atoms with E-state index >= 15 is 0 Å². The van der Waals surface area contributed by atoms with E-state index in [0.717, 1.165) is 17.7 Å². The van der Waals surface area contributed by atoms with Crippen molar-refractivity contribution in [2.24, 2.45) is 11.8 Å². The summed E-state index contributed by atoms with van der Waals surface area (Å²) in [6.07, 6.45) is -2.48. The average molecular weight is 517 g/mol. The Hall–Kier alpha value is -3.85. The third-order valence-corrected chi connectivity index (χ3v) is 8.88. The fourth-order valence-corrected chi connectivity index (χ4v) is 7.39. The van der Waals surface area contributed by atoms with Gasteiger partial charge in [-0.1, -0.05) is 42.5 Å². The molecule has 4 aliphatic rings. The Morgan fingerprint density at radius 1 is 1.14 bits per heavy atom. The number of benzene rings is 2. The number of ether oxygens (including phenoxy) is 1. The second kappa shape index (κ2) is 8.37. The molecule has 4 atom stereocenters. The zero-order valence-electron chi connectivity index (χ0n) is 18.4. The van der Waals surface area contributed by atoms with Crippen molar-refractivity contribution in [3.63, 3.8) is 0 Å². The summed E-state index contributed by atoms with van der Waals surface area (Å²) in [5.41, 5.74) is -1.79. The van der Waals surface area contributed by atoms with Crippen molar-refractivity contribution in [3.8, 4) is 6.07 Å². The van der Waals surface area contributed by atoms with Crippen LogP contribution < -0.4 is 4.31 Å². The quantitative estimate of drug-likeness (QED) is 0.578. The second-order valence-electron chi connectivity index (χ2n) is 8.71. The molecule has 2 aromatic rings. The number of rotatable bonds is 3. The molecule has 2 aromatic carbocycles. The topological polar surface area (TPSA) is 108 Å². The van der Waals surface area contributed by atoms with E-state index in [4.69, 9.17) is 10.00 Å². The summed E-state index contributed by atoms with van der Waals surface area (Å²) < 4.78 is 73.0. The molecule has 2 amide bonds. The van der Waals surface area contributed by atoms with Crippen LogP contribution in [0.3, 0.4) is 0 Å². The molecular formula is C24H18F3N3O5S. The Labute approximate surface area is 204 Å². The van der Waals surface area contributed by atoms with Crippen molar-refractivity contribution >= 4 is 27.7 Å². The lowest BCUT2D eigenvalue weighted by Gasteiger charge is -2.45. The van der Waals surface area contributed by atoms with Crippen LogP contribution in [-0.4, -0.2) is 43.2 Å². The van der Waals surface area contributed by atoms with E-state index in [2.05, 4.69) is 0 Å². The van der Waals surface area contributed by atoms with Gasteiger partial charge in [-0.05, 0) is 23.8 Å². The van der Waals surface area contributed by atoms with Gasteiger partial charge in [0.25, 0.3) is 0 Å². The van der Waals surface area contributed by atoms with Crippen molar-refractivity contribution in [1.82, 2.24) is 4.90 Å². The Morgan fingerprint density at radius 3 is 2.53 bits per heavy atom. The van der Waals surface area contributed by atoms with Crippen molar-refractivity contribution in [2.45, 2.75) is 24.1 Å². The van der Waals surface area contributed by atoms with E-state index in [1.54, 1.807) is 36.4 Å². The molecule has 0 spiro atoms. The van der Waals surface area contributed by atoms with Crippen LogP contribution in [0.5, 0.6) is 0 Å². The zero-order chi connectivity index (χ0) is 25.8. The van der Waals surface area contributed by atoms with E-state index < -0.39 is 68.1 Å². The lowest BCUT2D eigenvalue weighted by molar-refractivity contribution is -0.137. The van der Waals surface area contributed by atoms with Crippen molar-refractivity contribution < 1.29 is 35.9 Å². The Balaban J connectivity index is 1.45. The van der Waals surface area contributed by atoms with Crippen LogP contribution in [0.25, 0.3) is 0 Å². The number of hydrogen-bond donors (Lipinski definition) is 0. The molecule has 0 saturated carbocycles. The molecular weight excluding hydrogens is 499 g/mol. The van der Waals surface area contributed by atoms with Crippen LogP contribution in [-0.2, 0) is 32.3 Å². The van der Waals surface area contributed by atoms with Crippen LogP contribution in [0, 0.1) is 23.2 Å². The number of nitrogens with zero attached hydrogens (tertiary/aromatic N) is 3. The maximum Gasteiger partial charge on any atom is 0.417 e. The van der Waals surface area contributed by atoms with Gasteiger partial charge in [-0.15, -0.1) is 0 Å². The molecule has 0 N–H and O–H groups in total. The number of anilines is 1. The molecule has 6 rings (SSSR count). The monoisotopic (exact) mass is 517 g/mol. The van der Waals surface area contributed by atoms with Crippen LogP contribution >= 0.6 is 0 Å². The number of amides is 2. The van der Waals surface area contributed by atoms with E-state index in [0.29, 0.717) is 10.4 Å². The third kappa shape index (κ3) is 3.71. The Bertz CT molecular complexity index is 1420. The highest BCUT2D eigenvalue weighted by molar-refractivity contribution is 7.94. The van der Waals surface area contributed by atoms with Gasteiger partial charge < -0.3 is 9.64 Å². The summed E-state index contributed by atoms with van der Waals surface area (Å²) >= 11 is 0. The van der Waals surface area contributed by atoms with Crippen molar-refractivity contribution in [1.29, 1.82) is 5.26 Å². The van der Waals surface area contributed by atoms with E-state index in [9.17, 15) is 31.2 Å². The molecule has 0 aromatic heterocycles. The summed E-state index contributed by atoms with van der Waals surface area (Å²) in [6, 6.07) is 11.7. The van der Waals surface area contributed by atoms with Gasteiger partial charge in [0.15, 0.2) is 0 Å². The van der Waals surface area contributed by atoms with Gasteiger partial charge in [0.1, 0.15) is 11.9 Å². The van der Waals surface area contributed by atoms with Crippen LogP contribution in [0.2, 0.25) is 0 Å². The molecule has 3 heterocycles. The first-order valence-corrected chi connectivity index (χ1v) is 12.4. The number of fused-ring (bicyclic) bond motifs is 1. The molecule has 2 fully saturated rings. The number of alkyl halides is 3. The van der Waals surface area contributed by atoms with Gasteiger partial charge in [-0.2, -0.15) is 18.4 Å². The minimum absolute atomic E-state index is 0.0164. The molecule has 186 valence electrons. The molecule has 2 saturated heterocycles. The first-order chi connectivity index (χ1) is 17.0. The number of halogens is 3. The molecule has 3 aliphatic heterocycles. The molecule has 36 heavy (non-hydrogen) atoms. The van der Waals surface area contributed by atoms with Gasteiger partial charge in [-0.25, -0.2) is 17.5 Å². The summed E-state index contributed by atoms with van der Waals surface area (Å²) in [6.45, 7) is -0.0350. The summed E-state index contributed by atoms with van der Waals surface area (Å²) in [5.74, 6) is -2.88. The minimum Gasteiger partial charge on any atom is -0.445 e. The summed E-state index contributed by atoms with van der Waals surface area (Å²) in [7, 11) is -4.40. The molecule has 2 bridgehead atoms. The summed E-state index contributed by atoms with van der Waals surface area (Å²) in [5, 5.41) is 7.80. The molecule has 8 nitrogen and oxygen atoms in total. The van der Waals surface area contributed by atoms with Gasteiger partial charge in [0, 0.05) is 12.5 Å². The Morgan fingerprint density at radius 2 is 1.86 bits per heavy atom. The van der Waals surface area contributed by atoms with Crippen molar-refractivity contribution in [2.75, 3.05) is 10.8 Å². The first-order valence-electron chi connectivity index (χ1n) is 10.9. The Kier molecular flexibility index (Phi) is 5.55. The zero-order valence-corrected chi connectivity index (χ0v) is 19.2. The number of nitriles is 1. The number of carbonyl (C=O) groups excluding carboxylic acids is 2. The predicted octanol–water partition coefficient (Wildman–Crippen LogP) is 3.45. The number of sulfonamides is 1. The van der Waals surface area contributed by atoms with Crippen LogP contribution in [0.1, 0.15) is 16.7 Å². The van der Waals surface area contributed by atoms with E-state index in [-0.39, 0.29) is 13.2 Å². The lowest BCUT2D eigenvalue weighted by atomic mass is 9.77. The molecule has 0 radical (unpaired) electrons. The van der Waals surface area contributed by atoms with Gasteiger partial charge in [-0.3, -0.25) is 4.79 Å². The highest BCUT2D eigenvalue weighted by Crippen LogP contribution is 2.47. The maximum atomic E-state index is 13.5. The third-order valence-electron chi connectivity index (χ3n) is 6.65. The number of piperidine rings is 1. The van der Waals surface area contributed by atoms with Crippen LogP contribution in [0.4, 0.5) is 23.7 Å². The largest absolute Gasteiger partial charge is 0.445 e. The average Bonchev–Trinajstić information content (AvgIpc) is 3.09. The minimum atomic E-state index is -4.93. The standard InChI is InChI=1S/C24H18F3N3O5S/c25-24(26,27)18-10-17(8-6-15(18)11-28)30-22(31)20-19-9-7-16(21(20)36(30,33)34)12-29(19)23(32)35-13-14-4-2-1-3-5-14/h1-10,16,19-21H,12-13H2/t16-,19-,20-,21+/m1/s1. The van der Waals surface area contributed by atoms with Crippen LogP contribution in [0.15, 0.2) is 60.7 Å². The van der Waals surface area contributed by atoms with E-state index in [1.807, 2.05) is 6.07 Å². The van der Waals surface area contributed by atoms with Gasteiger partial charge in [0.05, 0.1) is 34.8 Å². The maximum absolute atomic E-state index is 13.5. The molecule has 12 heteroatoms. The number of carbonyl (C=O) groups is 2. The normalized spacial score (nSPS) is 26.0. The fraction of sp³-hybridized carbons (Fsp3) is 0.292. The lowest BCUT2D eigenvalue weighted by Crippen LogP contribution is -2.60. The second-order valence-corrected chi connectivity index (χ2v) is 10.6. The molecule has 1 aliphatic carbocycles. The summed E-state index contributed by atoms with van der Waals surface area (Å²) in [4.78, 5) is 27.5. The molecule has 0 unspecified atom stereocenters. The first kappa shape index (κ1) is 23.9. The van der Waals surface area contributed by atoms with Crippen molar-refractivity contribution in [3.05, 3.63) is 77.4 Å².